The Morgan fingerprint density at radius 3 is 2.44 bits per heavy atom. The first-order chi connectivity index (χ1) is 16.5. The largest absolute Gasteiger partial charge is 0.495 e. The molecule has 1 aromatic heterocycles. The third-order valence-corrected chi connectivity index (χ3v) is 6.01. The number of hydrogen-bond acceptors (Lipinski definition) is 4. The van der Waals surface area contributed by atoms with Crippen LogP contribution in [-0.4, -0.2) is 18.8 Å². The van der Waals surface area contributed by atoms with Gasteiger partial charge in [-0.05, 0) is 46.7 Å². The van der Waals surface area contributed by atoms with Crippen LogP contribution in [0.4, 0.5) is 5.69 Å². The lowest BCUT2D eigenvalue weighted by atomic mass is 10.0. The van der Waals surface area contributed by atoms with Gasteiger partial charge in [-0.15, -0.1) is 0 Å². The Bertz CT molecular complexity index is 1550. The molecule has 5 aromatic rings. The first-order valence-corrected chi connectivity index (χ1v) is 11.1. The fraction of sp³-hybridized carbons (Fsp3) is 0.0714. The Labute approximate surface area is 200 Å². The first kappa shape index (κ1) is 21.7. The number of anilines is 1. The summed E-state index contributed by atoms with van der Waals surface area (Å²) in [5.74, 6) is -0.119. The maximum atomic E-state index is 13.4. The zero-order valence-electron chi connectivity index (χ0n) is 18.3. The van der Waals surface area contributed by atoms with Crippen molar-refractivity contribution in [3.63, 3.8) is 0 Å². The molecule has 5 nitrogen and oxygen atoms in total. The van der Waals surface area contributed by atoms with E-state index in [0.29, 0.717) is 33.0 Å². The molecule has 1 amide bonds. The molecule has 0 saturated heterocycles. The molecule has 1 heterocycles. The van der Waals surface area contributed by atoms with Crippen molar-refractivity contribution < 1.29 is 18.7 Å². The minimum Gasteiger partial charge on any atom is -0.495 e. The molecule has 168 valence electrons. The molecule has 4 aromatic carbocycles. The summed E-state index contributed by atoms with van der Waals surface area (Å²) in [5, 5.41) is 5.96. The zero-order chi connectivity index (χ0) is 23.7. The van der Waals surface area contributed by atoms with Crippen LogP contribution in [-0.2, 0) is 11.2 Å². The minimum absolute atomic E-state index is 0.0497. The Hall–Kier alpha value is -4.09. The number of para-hydroxylation sites is 1. The van der Waals surface area contributed by atoms with E-state index in [9.17, 15) is 9.59 Å². The van der Waals surface area contributed by atoms with Crippen molar-refractivity contribution in [2.45, 2.75) is 6.42 Å². The van der Waals surface area contributed by atoms with Crippen molar-refractivity contribution in [3.05, 3.63) is 107 Å². The molecular formula is C28H20ClNO4. The molecule has 0 aliphatic heterocycles. The van der Waals surface area contributed by atoms with Crippen LogP contribution in [0.5, 0.6) is 5.75 Å². The molecule has 5 rings (SSSR count). The Morgan fingerprint density at radius 2 is 1.65 bits per heavy atom. The highest BCUT2D eigenvalue weighted by Gasteiger charge is 2.24. The van der Waals surface area contributed by atoms with Gasteiger partial charge in [-0.3, -0.25) is 9.59 Å². The van der Waals surface area contributed by atoms with Crippen molar-refractivity contribution in [2.75, 3.05) is 12.4 Å². The molecule has 0 aliphatic carbocycles. The summed E-state index contributed by atoms with van der Waals surface area (Å²) in [5.41, 5.74) is 2.08. The summed E-state index contributed by atoms with van der Waals surface area (Å²) in [6.45, 7) is 0. The molecule has 6 heteroatoms. The maximum absolute atomic E-state index is 13.4. The fourth-order valence-electron chi connectivity index (χ4n) is 4.07. The third kappa shape index (κ3) is 4.02. The third-order valence-electron chi connectivity index (χ3n) is 5.71. The number of carbonyl (C=O) groups excluding carboxylic acids is 2. The highest BCUT2D eigenvalue weighted by atomic mass is 35.5. The summed E-state index contributed by atoms with van der Waals surface area (Å²) in [6, 6.07) is 25.8. The number of furan rings is 1. The fourth-order valence-corrected chi connectivity index (χ4v) is 4.33. The maximum Gasteiger partial charge on any atom is 0.230 e. The first-order valence-electron chi connectivity index (χ1n) is 10.7. The van der Waals surface area contributed by atoms with Gasteiger partial charge in [0.15, 0.2) is 5.76 Å². The van der Waals surface area contributed by atoms with Crippen LogP contribution < -0.4 is 10.1 Å². The number of nitrogens with one attached hydrogen (secondary N) is 1. The number of methoxy groups -OCH3 is 1. The van der Waals surface area contributed by atoms with E-state index in [4.69, 9.17) is 20.8 Å². The Morgan fingerprint density at radius 1 is 0.912 bits per heavy atom. The summed E-state index contributed by atoms with van der Waals surface area (Å²) in [4.78, 5) is 26.5. The van der Waals surface area contributed by atoms with E-state index in [1.54, 1.807) is 18.2 Å². The van der Waals surface area contributed by atoms with Crippen LogP contribution in [0.2, 0.25) is 5.02 Å². The quantitative estimate of drug-likeness (QED) is 0.282. The lowest BCUT2D eigenvalue weighted by Gasteiger charge is -2.09. The lowest BCUT2D eigenvalue weighted by molar-refractivity contribution is -0.115. The Kier molecular flexibility index (Phi) is 5.78. The summed E-state index contributed by atoms with van der Waals surface area (Å²) < 4.78 is 11.1. The number of ether oxygens (including phenoxy) is 1. The average molecular weight is 470 g/mol. The minimum atomic E-state index is -0.388. The number of halogens is 1. The summed E-state index contributed by atoms with van der Waals surface area (Å²) >= 11 is 6.22. The molecule has 0 unspecified atom stereocenters. The number of hydrogen-bond donors (Lipinski definition) is 1. The predicted molar refractivity (Wildman–Crippen MR) is 134 cm³/mol. The molecule has 0 atom stereocenters. The van der Waals surface area contributed by atoms with Gasteiger partial charge in [-0.25, -0.2) is 0 Å². The van der Waals surface area contributed by atoms with Crippen LogP contribution >= 0.6 is 11.6 Å². The molecule has 0 saturated carbocycles. The Balaban J connectivity index is 1.50. The molecule has 1 N–H and O–H groups in total. The van der Waals surface area contributed by atoms with E-state index < -0.39 is 0 Å². The van der Waals surface area contributed by atoms with Crippen molar-refractivity contribution in [2.24, 2.45) is 0 Å². The van der Waals surface area contributed by atoms with Gasteiger partial charge in [-0.2, -0.15) is 0 Å². The van der Waals surface area contributed by atoms with Crippen LogP contribution in [0, 0.1) is 0 Å². The van der Waals surface area contributed by atoms with Crippen molar-refractivity contribution in [1.82, 2.24) is 0 Å². The number of ketones is 1. The SMILES string of the molecule is COc1ccc(C(=O)c2oc3ccccc3c2NC(=O)Cc2cccc3ccccc23)cc1Cl. The molecule has 0 spiro atoms. The van der Waals surface area contributed by atoms with E-state index >= 15 is 0 Å². The monoisotopic (exact) mass is 469 g/mol. The highest BCUT2D eigenvalue weighted by Crippen LogP contribution is 2.34. The van der Waals surface area contributed by atoms with Gasteiger partial charge in [0.25, 0.3) is 0 Å². The smallest absolute Gasteiger partial charge is 0.230 e. The van der Waals surface area contributed by atoms with Crippen LogP contribution in [0.25, 0.3) is 21.7 Å². The van der Waals surface area contributed by atoms with Gasteiger partial charge in [0.05, 0.1) is 24.2 Å². The van der Waals surface area contributed by atoms with E-state index in [-0.39, 0.29) is 23.9 Å². The normalized spacial score (nSPS) is 11.0. The van der Waals surface area contributed by atoms with Gasteiger partial charge in [0.2, 0.25) is 11.7 Å². The van der Waals surface area contributed by atoms with Gasteiger partial charge in [0, 0.05) is 10.9 Å². The molecule has 0 fully saturated rings. The van der Waals surface area contributed by atoms with E-state index in [1.807, 2.05) is 60.7 Å². The summed E-state index contributed by atoms with van der Waals surface area (Å²) in [7, 11) is 1.51. The van der Waals surface area contributed by atoms with E-state index in [1.165, 1.54) is 13.2 Å². The van der Waals surface area contributed by atoms with Crippen LogP contribution in [0.1, 0.15) is 21.7 Å². The predicted octanol–water partition coefficient (Wildman–Crippen LogP) is 6.66. The molecule has 0 bridgehead atoms. The number of fused-ring (bicyclic) bond motifs is 2. The van der Waals surface area contributed by atoms with E-state index in [2.05, 4.69) is 5.32 Å². The standard InChI is InChI=1S/C28H20ClNO4/c1-33-24-14-13-19(15-22(24)29)27(32)28-26(21-11-4-5-12-23(21)34-28)30-25(31)16-18-9-6-8-17-7-2-3-10-20(17)18/h2-15H,16H2,1H3,(H,30,31). The van der Waals surface area contributed by atoms with Gasteiger partial charge >= 0.3 is 0 Å². The van der Waals surface area contributed by atoms with Gasteiger partial charge in [-0.1, -0.05) is 66.2 Å². The second-order valence-corrected chi connectivity index (χ2v) is 8.25. The van der Waals surface area contributed by atoms with Crippen molar-refractivity contribution in [1.29, 1.82) is 0 Å². The van der Waals surface area contributed by atoms with E-state index in [0.717, 1.165) is 16.3 Å². The zero-order valence-corrected chi connectivity index (χ0v) is 19.1. The molecule has 34 heavy (non-hydrogen) atoms. The average Bonchev–Trinajstić information content (AvgIpc) is 3.22. The van der Waals surface area contributed by atoms with Gasteiger partial charge in [0.1, 0.15) is 11.3 Å². The molecule has 0 radical (unpaired) electrons. The summed E-state index contributed by atoms with van der Waals surface area (Å²) in [6.07, 6.45) is 0.156. The van der Waals surface area contributed by atoms with Crippen LogP contribution in [0.15, 0.2) is 89.3 Å². The van der Waals surface area contributed by atoms with Crippen molar-refractivity contribution in [3.8, 4) is 5.75 Å². The van der Waals surface area contributed by atoms with Crippen molar-refractivity contribution >= 4 is 50.7 Å². The molecule has 0 aliphatic rings. The number of carbonyl (C=O) groups is 2. The number of rotatable bonds is 6. The second-order valence-electron chi connectivity index (χ2n) is 7.84. The van der Waals surface area contributed by atoms with Gasteiger partial charge < -0.3 is 14.5 Å². The van der Waals surface area contributed by atoms with Crippen LogP contribution in [0.3, 0.4) is 0 Å². The topological polar surface area (TPSA) is 68.5 Å². The number of amides is 1. The molecular weight excluding hydrogens is 450 g/mol. The highest BCUT2D eigenvalue weighted by molar-refractivity contribution is 6.32. The second kappa shape index (κ2) is 9.04. The lowest BCUT2D eigenvalue weighted by Crippen LogP contribution is -2.16. The number of benzene rings is 4.